The van der Waals surface area contributed by atoms with Crippen molar-refractivity contribution < 1.29 is 4.79 Å². The van der Waals surface area contributed by atoms with Gasteiger partial charge >= 0.3 is 0 Å². The van der Waals surface area contributed by atoms with E-state index in [0.29, 0.717) is 12.3 Å². The fourth-order valence-electron chi connectivity index (χ4n) is 5.32. The van der Waals surface area contributed by atoms with Crippen molar-refractivity contribution in [3.05, 3.63) is 66.0 Å². The van der Waals surface area contributed by atoms with Crippen LogP contribution in [0, 0.1) is 17.8 Å². The van der Waals surface area contributed by atoms with Crippen molar-refractivity contribution in [2.24, 2.45) is 17.8 Å². The Hall–Kier alpha value is -2.62. The molecule has 4 nitrogen and oxygen atoms in total. The number of amides is 1. The minimum Gasteiger partial charge on any atom is -0.346 e. The molecule has 3 aromatic rings. The topological polar surface area (TPSA) is 57.8 Å². The summed E-state index contributed by atoms with van der Waals surface area (Å²) < 4.78 is 0. The van der Waals surface area contributed by atoms with Gasteiger partial charge in [-0.3, -0.25) is 4.79 Å². The third kappa shape index (κ3) is 3.56. The number of benzene rings is 2. The third-order valence-electron chi connectivity index (χ3n) is 6.69. The van der Waals surface area contributed by atoms with E-state index in [9.17, 15) is 4.79 Å². The zero-order chi connectivity index (χ0) is 18.9. The summed E-state index contributed by atoms with van der Waals surface area (Å²) in [5, 5.41) is 3.30. The molecule has 1 amide bonds. The number of fused-ring (bicyclic) bond motifs is 3. The average Bonchev–Trinajstić information content (AvgIpc) is 3.43. The lowest BCUT2D eigenvalue weighted by Gasteiger charge is -2.23. The van der Waals surface area contributed by atoms with Gasteiger partial charge in [0, 0.05) is 6.42 Å². The number of H-pyrrole nitrogens is 1. The summed E-state index contributed by atoms with van der Waals surface area (Å²) in [6.45, 7) is 0. The lowest BCUT2D eigenvalue weighted by atomic mass is 9.86. The van der Waals surface area contributed by atoms with Crippen LogP contribution in [-0.2, 0) is 11.2 Å². The van der Waals surface area contributed by atoms with Gasteiger partial charge in [0.05, 0.1) is 17.1 Å². The minimum atomic E-state index is -0.138. The van der Waals surface area contributed by atoms with E-state index in [4.69, 9.17) is 4.98 Å². The van der Waals surface area contributed by atoms with Crippen LogP contribution in [0.1, 0.15) is 49.5 Å². The Morgan fingerprint density at radius 2 is 1.89 bits per heavy atom. The van der Waals surface area contributed by atoms with Crippen LogP contribution in [0.2, 0.25) is 0 Å². The molecule has 1 heterocycles. The van der Waals surface area contributed by atoms with Crippen molar-refractivity contribution in [1.29, 1.82) is 0 Å². The molecule has 0 unspecified atom stereocenters. The summed E-state index contributed by atoms with van der Waals surface area (Å²) in [6.07, 6.45) is 6.68. The van der Waals surface area contributed by atoms with Gasteiger partial charge in [-0.1, -0.05) is 48.9 Å². The monoisotopic (exact) mass is 373 g/mol. The summed E-state index contributed by atoms with van der Waals surface area (Å²) in [5.74, 6) is 3.23. The van der Waals surface area contributed by atoms with Crippen LogP contribution in [0.15, 0.2) is 54.6 Å². The summed E-state index contributed by atoms with van der Waals surface area (Å²) in [7, 11) is 0. The van der Waals surface area contributed by atoms with Crippen molar-refractivity contribution in [1.82, 2.24) is 15.3 Å². The molecular weight excluding hydrogens is 346 g/mol. The van der Waals surface area contributed by atoms with Crippen molar-refractivity contribution in [3.63, 3.8) is 0 Å². The molecule has 28 heavy (non-hydrogen) atoms. The number of rotatable bonds is 6. The largest absolute Gasteiger partial charge is 0.346 e. The molecule has 2 fully saturated rings. The number of nitrogens with one attached hydrogen (secondary N) is 2. The fraction of sp³-hybridized carbons (Fsp3) is 0.417. The first kappa shape index (κ1) is 17.5. The van der Waals surface area contributed by atoms with Gasteiger partial charge in [-0.25, -0.2) is 4.98 Å². The minimum absolute atomic E-state index is 0.138. The predicted molar refractivity (Wildman–Crippen MR) is 111 cm³/mol. The Labute approximate surface area is 165 Å². The smallest absolute Gasteiger partial charge is 0.220 e. The lowest BCUT2D eigenvalue weighted by Crippen LogP contribution is -2.32. The van der Waals surface area contributed by atoms with Gasteiger partial charge in [0.2, 0.25) is 5.91 Å². The van der Waals surface area contributed by atoms with E-state index in [-0.39, 0.29) is 11.9 Å². The quantitative estimate of drug-likeness (QED) is 0.653. The molecule has 2 aliphatic carbocycles. The molecule has 2 N–H and O–H groups in total. The highest BCUT2D eigenvalue weighted by Crippen LogP contribution is 2.49. The van der Waals surface area contributed by atoms with Gasteiger partial charge in [-0.05, 0) is 61.1 Å². The first-order valence-corrected chi connectivity index (χ1v) is 10.5. The Balaban J connectivity index is 1.35. The molecule has 0 aliphatic heterocycles. The normalized spacial score (nSPS) is 24.5. The molecule has 4 heteroatoms. The number of carbonyl (C=O) groups is 1. The molecule has 5 rings (SSSR count). The molecule has 0 saturated heterocycles. The molecule has 2 aliphatic rings. The fourth-order valence-corrected chi connectivity index (χ4v) is 5.32. The van der Waals surface area contributed by atoms with E-state index in [0.717, 1.165) is 35.1 Å². The lowest BCUT2D eigenvalue weighted by molar-refractivity contribution is -0.123. The van der Waals surface area contributed by atoms with Gasteiger partial charge in [0.1, 0.15) is 5.82 Å². The van der Waals surface area contributed by atoms with Gasteiger partial charge in [0.15, 0.2) is 0 Å². The van der Waals surface area contributed by atoms with Crippen molar-refractivity contribution in [3.8, 4) is 0 Å². The molecule has 1 aromatic heterocycles. The second-order valence-electron chi connectivity index (χ2n) is 8.59. The van der Waals surface area contributed by atoms with Gasteiger partial charge in [-0.15, -0.1) is 0 Å². The first-order valence-electron chi connectivity index (χ1n) is 10.5. The summed E-state index contributed by atoms with van der Waals surface area (Å²) in [4.78, 5) is 21.1. The van der Waals surface area contributed by atoms with Crippen LogP contribution in [-0.4, -0.2) is 15.9 Å². The second-order valence-corrected chi connectivity index (χ2v) is 8.59. The number of aromatic amines is 1. The standard InChI is InChI=1S/C24H27N3O/c28-23(15-19-13-17-10-11-18(19)12-17)25-22(14-16-6-2-1-3-7-16)24-26-20-8-4-5-9-21(20)27-24/h1-9,17-19,22H,10-15H2,(H,25,28)(H,26,27)/t17-,18-,19-,22-/m0/s1. The maximum absolute atomic E-state index is 12.9. The number of para-hydroxylation sites is 2. The van der Waals surface area contributed by atoms with E-state index in [1.165, 1.54) is 31.2 Å². The third-order valence-corrected chi connectivity index (χ3v) is 6.69. The second kappa shape index (κ2) is 7.42. The Kier molecular flexibility index (Phi) is 4.63. The molecule has 2 aromatic carbocycles. The SMILES string of the molecule is O=C(C[C@@H]1C[C@H]2CC[C@H]1C2)N[C@@H](Cc1ccccc1)c1nc2ccccc2[nH]1. The first-order chi connectivity index (χ1) is 13.7. The van der Waals surface area contributed by atoms with Gasteiger partial charge in [-0.2, -0.15) is 0 Å². The van der Waals surface area contributed by atoms with Gasteiger partial charge in [0.25, 0.3) is 0 Å². The molecule has 4 atom stereocenters. The maximum Gasteiger partial charge on any atom is 0.220 e. The highest BCUT2D eigenvalue weighted by Gasteiger charge is 2.40. The number of nitrogens with zero attached hydrogens (tertiary/aromatic N) is 1. The summed E-state index contributed by atoms with van der Waals surface area (Å²) in [5.41, 5.74) is 3.16. The van der Waals surface area contributed by atoms with E-state index in [1.54, 1.807) is 0 Å². The number of aromatic nitrogens is 2. The molecular formula is C24H27N3O. The number of hydrogen-bond donors (Lipinski definition) is 2. The number of carbonyl (C=O) groups excluding carboxylic acids is 1. The van der Waals surface area contributed by atoms with Gasteiger partial charge < -0.3 is 10.3 Å². The van der Waals surface area contributed by atoms with Crippen LogP contribution in [0.4, 0.5) is 0 Å². The van der Waals surface area contributed by atoms with Crippen molar-refractivity contribution in [2.75, 3.05) is 0 Å². The molecule has 0 spiro atoms. The van der Waals surface area contributed by atoms with Crippen molar-refractivity contribution >= 4 is 16.9 Å². The van der Waals surface area contributed by atoms with Crippen LogP contribution >= 0.6 is 0 Å². The summed E-state index contributed by atoms with van der Waals surface area (Å²) >= 11 is 0. The van der Waals surface area contributed by atoms with Crippen LogP contribution in [0.3, 0.4) is 0 Å². The van der Waals surface area contributed by atoms with E-state index in [1.807, 2.05) is 42.5 Å². The molecule has 2 bridgehead atoms. The highest BCUT2D eigenvalue weighted by atomic mass is 16.1. The number of hydrogen-bond acceptors (Lipinski definition) is 2. The Morgan fingerprint density at radius 3 is 2.64 bits per heavy atom. The molecule has 2 saturated carbocycles. The van der Waals surface area contributed by atoms with E-state index >= 15 is 0 Å². The Morgan fingerprint density at radius 1 is 1.07 bits per heavy atom. The van der Waals surface area contributed by atoms with E-state index in [2.05, 4.69) is 22.4 Å². The summed E-state index contributed by atoms with van der Waals surface area (Å²) in [6, 6.07) is 18.2. The number of imidazole rings is 1. The van der Waals surface area contributed by atoms with Crippen LogP contribution in [0.25, 0.3) is 11.0 Å². The maximum atomic E-state index is 12.9. The predicted octanol–water partition coefficient (Wildman–Crippen LogP) is 4.79. The highest BCUT2D eigenvalue weighted by molar-refractivity contribution is 5.78. The van der Waals surface area contributed by atoms with Crippen LogP contribution < -0.4 is 5.32 Å². The zero-order valence-corrected chi connectivity index (χ0v) is 16.1. The Bertz CT molecular complexity index is 931. The molecule has 0 radical (unpaired) electrons. The average molecular weight is 374 g/mol. The zero-order valence-electron chi connectivity index (χ0n) is 16.1. The molecule has 144 valence electrons. The van der Waals surface area contributed by atoms with Crippen molar-refractivity contribution in [2.45, 2.75) is 44.6 Å². The van der Waals surface area contributed by atoms with E-state index < -0.39 is 0 Å². The van der Waals surface area contributed by atoms with Crippen LogP contribution in [0.5, 0.6) is 0 Å².